The molecular weight excluding hydrogens is 235 g/mol. The van der Waals surface area contributed by atoms with E-state index in [2.05, 4.69) is 6.42 Å². The quantitative estimate of drug-likeness (QED) is 0.748. The lowest BCUT2D eigenvalue weighted by Crippen LogP contribution is -1.91. The van der Waals surface area contributed by atoms with Crippen LogP contribution in [0.5, 0.6) is 0 Å². The predicted molar refractivity (Wildman–Crippen MR) is 69.6 cm³/mol. The Hall–Kier alpha value is -1.34. The van der Waals surface area contributed by atoms with Crippen molar-refractivity contribution in [2.75, 3.05) is 0 Å². The third kappa shape index (κ3) is 3.86. The van der Waals surface area contributed by atoms with Gasteiger partial charge in [-0.1, -0.05) is 35.9 Å². The molecule has 0 unspecified atom stereocenters. The summed E-state index contributed by atoms with van der Waals surface area (Å²) in [5, 5.41) is 0.757. The van der Waals surface area contributed by atoms with Crippen molar-refractivity contribution in [2.45, 2.75) is 12.8 Å². The van der Waals surface area contributed by atoms with Crippen LogP contribution in [0.4, 0.5) is 4.39 Å². The molecule has 0 saturated heterocycles. The summed E-state index contributed by atoms with van der Waals surface area (Å²) in [6.45, 7) is 0. The fourth-order valence-corrected chi connectivity index (χ4v) is 1.77. The predicted octanol–water partition coefficient (Wildman–Crippen LogP) is 4.47. The van der Waals surface area contributed by atoms with E-state index in [1.165, 1.54) is 17.7 Å². The van der Waals surface area contributed by atoms with E-state index in [-0.39, 0.29) is 5.82 Å². The van der Waals surface area contributed by atoms with Crippen LogP contribution in [0.25, 0.3) is 0 Å². The topological polar surface area (TPSA) is 0 Å². The number of halogens is 2. The van der Waals surface area contributed by atoms with Gasteiger partial charge in [-0.25, -0.2) is 4.39 Å². The van der Waals surface area contributed by atoms with Gasteiger partial charge in [0.15, 0.2) is 0 Å². The minimum atomic E-state index is -0.188. The molecule has 0 aliphatic rings. The van der Waals surface area contributed by atoms with Crippen LogP contribution in [0.3, 0.4) is 0 Å². The second-order valence-electron chi connectivity index (χ2n) is 3.95. The standard InChI is InChI=1S/C15H13ClF/c16-14-8-4-12(5-9-14)2-1-3-13-6-10-15(17)11-7-13/h1,4-11H,2-3H2. The van der Waals surface area contributed by atoms with E-state index in [1.54, 1.807) is 0 Å². The maximum atomic E-state index is 12.7. The van der Waals surface area contributed by atoms with Crippen LogP contribution in [0, 0.1) is 12.2 Å². The first-order valence-electron chi connectivity index (χ1n) is 5.54. The second kappa shape index (κ2) is 5.83. The molecule has 0 saturated carbocycles. The Morgan fingerprint density at radius 2 is 1.29 bits per heavy atom. The highest BCUT2D eigenvalue weighted by molar-refractivity contribution is 6.30. The highest BCUT2D eigenvalue weighted by Gasteiger charge is 1.97. The van der Waals surface area contributed by atoms with Crippen molar-refractivity contribution in [3.05, 3.63) is 76.9 Å². The highest BCUT2D eigenvalue weighted by atomic mass is 35.5. The third-order valence-corrected chi connectivity index (χ3v) is 2.84. The summed E-state index contributed by atoms with van der Waals surface area (Å²) in [6, 6.07) is 14.4. The van der Waals surface area contributed by atoms with Gasteiger partial charge >= 0.3 is 0 Å². The molecule has 2 rings (SSSR count). The Morgan fingerprint density at radius 3 is 1.82 bits per heavy atom. The van der Waals surface area contributed by atoms with Crippen LogP contribution in [0.1, 0.15) is 11.1 Å². The lowest BCUT2D eigenvalue weighted by Gasteiger charge is -2.02. The number of benzene rings is 2. The van der Waals surface area contributed by atoms with Gasteiger partial charge in [0, 0.05) is 5.02 Å². The molecule has 0 spiro atoms. The molecule has 2 aromatic carbocycles. The van der Waals surface area contributed by atoms with Gasteiger partial charge in [0.25, 0.3) is 0 Å². The molecule has 0 amide bonds. The van der Waals surface area contributed by atoms with Gasteiger partial charge in [0.05, 0.1) is 0 Å². The Bertz CT molecular complexity index is 414. The molecule has 0 nitrogen and oxygen atoms in total. The van der Waals surface area contributed by atoms with Crippen LogP contribution in [-0.2, 0) is 12.8 Å². The van der Waals surface area contributed by atoms with Crippen molar-refractivity contribution in [3.63, 3.8) is 0 Å². The summed E-state index contributed by atoms with van der Waals surface area (Å²) in [7, 11) is 0. The molecule has 0 aliphatic carbocycles. The van der Waals surface area contributed by atoms with Gasteiger partial charge in [-0.2, -0.15) is 0 Å². The fraction of sp³-hybridized carbons (Fsp3) is 0.133. The molecule has 17 heavy (non-hydrogen) atoms. The summed E-state index contributed by atoms with van der Waals surface area (Å²) in [6.07, 6.45) is 3.92. The minimum Gasteiger partial charge on any atom is -0.207 e. The van der Waals surface area contributed by atoms with Crippen LogP contribution in [0.15, 0.2) is 48.5 Å². The molecular formula is C15H13ClF. The monoisotopic (exact) mass is 247 g/mol. The molecule has 0 atom stereocenters. The Balaban J connectivity index is 1.83. The number of rotatable bonds is 4. The normalized spacial score (nSPS) is 10.5. The third-order valence-electron chi connectivity index (χ3n) is 2.59. The van der Waals surface area contributed by atoms with Crippen molar-refractivity contribution in [1.29, 1.82) is 0 Å². The first-order valence-corrected chi connectivity index (χ1v) is 5.92. The maximum absolute atomic E-state index is 12.7. The summed E-state index contributed by atoms with van der Waals surface area (Å²) in [5.74, 6) is -0.188. The Labute approximate surface area is 106 Å². The zero-order valence-electron chi connectivity index (χ0n) is 9.37. The van der Waals surface area contributed by atoms with Gasteiger partial charge in [-0.15, -0.1) is 0 Å². The highest BCUT2D eigenvalue weighted by Crippen LogP contribution is 2.12. The van der Waals surface area contributed by atoms with Gasteiger partial charge in [0.2, 0.25) is 0 Å². The first kappa shape index (κ1) is 12.1. The zero-order chi connectivity index (χ0) is 12.1. The summed E-state index contributed by atoms with van der Waals surface area (Å²) in [4.78, 5) is 0. The Morgan fingerprint density at radius 1 is 0.824 bits per heavy atom. The summed E-state index contributed by atoms with van der Waals surface area (Å²) >= 11 is 5.81. The largest absolute Gasteiger partial charge is 0.207 e. The fourth-order valence-electron chi connectivity index (χ4n) is 1.65. The van der Waals surface area contributed by atoms with Crippen LogP contribution in [0.2, 0.25) is 5.02 Å². The average molecular weight is 248 g/mol. The molecule has 0 heterocycles. The average Bonchev–Trinajstić information content (AvgIpc) is 2.34. The molecule has 0 aliphatic heterocycles. The molecule has 1 radical (unpaired) electrons. The smallest absolute Gasteiger partial charge is 0.123 e. The van der Waals surface area contributed by atoms with Crippen LogP contribution < -0.4 is 0 Å². The van der Waals surface area contributed by atoms with Crippen molar-refractivity contribution < 1.29 is 4.39 Å². The first-order chi connectivity index (χ1) is 8.24. The van der Waals surface area contributed by atoms with Crippen molar-refractivity contribution in [2.24, 2.45) is 0 Å². The lowest BCUT2D eigenvalue weighted by molar-refractivity contribution is 0.627. The maximum Gasteiger partial charge on any atom is 0.123 e. The molecule has 2 heteroatoms. The molecule has 0 N–H and O–H groups in total. The Kier molecular flexibility index (Phi) is 4.16. The van der Waals surface area contributed by atoms with E-state index < -0.39 is 0 Å². The molecule has 2 aromatic rings. The van der Waals surface area contributed by atoms with E-state index in [4.69, 9.17) is 11.6 Å². The van der Waals surface area contributed by atoms with Crippen molar-refractivity contribution in [1.82, 2.24) is 0 Å². The molecule has 0 bridgehead atoms. The molecule has 0 aromatic heterocycles. The zero-order valence-corrected chi connectivity index (χ0v) is 10.1. The van der Waals surface area contributed by atoms with Crippen LogP contribution >= 0.6 is 11.6 Å². The van der Waals surface area contributed by atoms with Crippen molar-refractivity contribution in [3.8, 4) is 0 Å². The lowest BCUT2D eigenvalue weighted by atomic mass is 10.0. The minimum absolute atomic E-state index is 0.188. The van der Waals surface area contributed by atoms with Gasteiger partial charge in [-0.05, 0) is 54.7 Å². The van der Waals surface area contributed by atoms with E-state index >= 15 is 0 Å². The van der Waals surface area contributed by atoms with Gasteiger partial charge in [-0.3, -0.25) is 0 Å². The SMILES string of the molecule is Fc1ccc(C[CH]Cc2ccc(Cl)cc2)cc1. The summed E-state index contributed by atoms with van der Waals surface area (Å²) < 4.78 is 12.7. The van der Waals surface area contributed by atoms with Crippen molar-refractivity contribution >= 4 is 11.6 Å². The van der Waals surface area contributed by atoms with Gasteiger partial charge in [0.1, 0.15) is 5.82 Å². The van der Waals surface area contributed by atoms with E-state index in [0.717, 1.165) is 23.4 Å². The van der Waals surface area contributed by atoms with E-state index in [1.807, 2.05) is 36.4 Å². The molecule has 0 fully saturated rings. The number of hydrogen-bond donors (Lipinski definition) is 0. The van der Waals surface area contributed by atoms with Gasteiger partial charge < -0.3 is 0 Å². The second-order valence-corrected chi connectivity index (χ2v) is 4.39. The van der Waals surface area contributed by atoms with E-state index in [9.17, 15) is 4.39 Å². The molecule has 87 valence electrons. The number of hydrogen-bond acceptors (Lipinski definition) is 0. The summed E-state index contributed by atoms with van der Waals surface area (Å²) in [5.41, 5.74) is 2.36. The van der Waals surface area contributed by atoms with E-state index in [0.29, 0.717) is 0 Å². The van der Waals surface area contributed by atoms with Crippen LogP contribution in [-0.4, -0.2) is 0 Å².